The fourth-order valence-corrected chi connectivity index (χ4v) is 7.71. The number of piperazine rings is 1. The predicted molar refractivity (Wildman–Crippen MR) is 191 cm³/mol. The monoisotopic (exact) mass is 680 g/mol. The number of aliphatic hydroxyl groups is 1. The fourth-order valence-electron chi connectivity index (χ4n) is 7.71. The average molecular weight is 681 g/mol. The van der Waals surface area contributed by atoms with Crippen LogP contribution in [0.4, 0.5) is 10.2 Å². The van der Waals surface area contributed by atoms with Crippen LogP contribution < -0.4 is 16.6 Å². The van der Waals surface area contributed by atoms with E-state index in [-0.39, 0.29) is 42.1 Å². The Morgan fingerprint density at radius 1 is 1.00 bits per heavy atom. The van der Waals surface area contributed by atoms with Crippen molar-refractivity contribution >= 4 is 11.7 Å². The van der Waals surface area contributed by atoms with E-state index >= 15 is 4.39 Å². The maximum Gasteiger partial charge on any atom is 0.255 e. The van der Waals surface area contributed by atoms with Crippen LogP contribution in [0.5, 0.6) is 0 Å². The molecule has 2 fully saturated rings. The van der Waals surface area contributed by atoms with Crippen molar-refractivity contribution in [2.45, 2.75) is 56.6 Å². The van der Waals surface area contributed by atoms with Crippen molar-refractivity contribution in [1.29, 1.82) is 0 Å². The quantitative estimate of drug-likeness (QED) is 0.229. The van der Waals surface area contributed by atoms with E-state index in [0.717, 1.165) is 78.8 Å². The Balaban J connectivity index is 0.955. The van der Waals surface area contributed by atoms with Crippen molar-refractivity contribution in [2.75, 3.05) is 45.1 Å². The summed E-state index contributed by atoms with van der Waals surface area (Å²) >= 11 is 0. The standard InChI is InChI=1S/C39H45FN6O4/c1-44-23-28(10-12-36(44)48)30-20-32(38(41)42-22-30)39(49)43-34-3-2-4-35(34)50-24-25-5-7-26(8-6-25)27-9-11-31-29(19-27)21-33(40)37(31)46-15-13-45(14-16-46)17-18-47/h5-12,19-20,22-23,33-35,37,47H,2-4,13-18,21,24H2,1H3,(H2,41,42)(H,43,49)/t33-,34-,35-,37+/m0/s1. The van der Waals surface area contributed by atoms with Crippen LogP contribution in [0.1, 0.15) is 52.4 Å². The molecule has 2 aromatic heterocycles. The average Bonchev–Trinajstić information content (AvgIpc) is 3.71. The van der Waals surface area contributed by atoms with Crippen LogP contribution >= 0.6 is 0 Å². The Bertz CT molecular complexity index is 1890. The van der Waals surface area contributed by atoms with Gasteiger partial charge in [-0.15, -0.1) is 0 Å². The summed E-state index contributed by atoms with van der Waals surface area (Å²) in [6, 6.07) is 19.2. The van der Waals surface area contributed by atoms with Crippen LogP contribution in [0.3, 0.4) is 0 Å². The summed E-state index contributed by atoms with van der Waals surface area (Å²) in [4.78, 5) is 33.9. The number of nitrogens with zero attached hydrogens (tertiary/aromatic N) is 4. The lowest BCUT2D eigenvalue weighted by atomic mass is 9.98. The van der Waals surface area contributed by atoms with Crippen molar-refractivity contribution in [2.24, 2.45) is 7.05 Å². The summed E-state index contributed by atoms with van der Waals surface area (Å²) in [7, 11) is 1.68. The third-order valence-electron chi connectivity index (χ3n) is 10.5. The number of fused-ring (bicyclic) bond motifs is 1. The molecule has 4 N–H and O–H groups in total. The first-order chi connectivity index (χ1) is 24.3. The molecule has 0 radical (unpaired) electrons. The molecule has 50 heavy (non-hydrogen) atoms. The van der Waals surface area contributed by atoms with Crippen LogP contribution in [0.2, 0.25) is 0 Å². The highest BCUT2D eigenvalue weighted by atomic mass is 19.1. The third-order valence-corrected chi connectivity index (χ3v) is 10.5. The topological polar surface area (TPSA) is 126 Å². The number of halogens is 1. The molecule has 2 aliphatic carbocycles. The molecular formula is C39H45FN6O4. The molecule has 0 spiro atoms. The zero-order valence-corrected chi connectivity index (χ0v) is 28.4. The van der Waals surface area contributed by atoms with E-state index in [2.05, 4.69) is 62.6 Å². The van der Waals surface area contributed by atoms with Gasteiger partial charge in [0, 0.05) is 70.2 Å². The molecular weight excluding hydrogens is 635 g/mol. The number of benzene rings is 2. The van der Waals surface area contributed by atoms with Gasteiger partial charge in [-0.1, -0.05) is 42.5 Å². The second kappa shape index (κ2) is 14.8. The summed E-state index contributed by atoms with van der Waals surface area (Å²) in [5, 5.41) is 12.4. The van der Waals surface area contributed by atoms with Crippen LogP contribution in [0, 0.1) is 0 Å². The van der Waals surface area contributed by atoms with Crippen molar-refractivity contribution in [1.82, 2.24) is 24.7 Å². The smallest absolute Gasteiger partial charge is 0.255 e. The minimum Gasteiger partial charge on any atom is -0.395 e. The van der Waals surface area contributed by atoms with Crippen LogP contribution in [-0.2, 0) is 24.8 Å². The molecule has 262 valence electrons. The number of carbonyl (C=O) groups is 1. The number of aryl methyl sites for hydroxylation is 1. The number of aliphatic hydroxyl groups excluding tert-OH is 1. The highest BCUT2D eigenvalue weighted by molar-refractivity contribution is 5.99. The van der Waals surface area contributed by atoms with Crippen molar-refractivity contribution in [3.05, 3.63) is 106 Å². The lowest BCUT2D eigenvalue weighted by molar-refractivity contribution is 0.0272. The van der Waals surface area contributed by atoms with Gasteiger partial charge >= 0.3 is 0 Å². The van der Waals surface area contributed by atoms with Gasteiger partial charge in [-0.3, -0.25) is 19.4 Å². The number of alkyl halides is 1. The third kappa shape index (κ3) is 7.22. The Morgan fingerprint density at radius 3 is 2.52 bits per heavy atom. The number of hydrogen-bond acceptors (Lipinski definition) is 8. The Kier molecular flexibility index (Phi) is 10.1. The van der Waals surface area contributed by atoms with Crippen molar-refractivity contribution in [3.63, 3.8) is 0 Å². The number of ether oxygens (including phenoxy) is 1. The first-order valence-electron chi connectivity index (χ1n) is 17.6. The molecule has 3 aliphatic rings. The van der Waals surface area contributed by atoms with Gasteiger partial charge in [0.05, 0.1) is 37.0 Å². The van der Waals surface area contributed by atoms with Gasteiger partial charge in [-0.05, 0) is 64.8 Å². The van der Waals surface area contributed by atoms with E-state index in [9.17, 15) is 14.7 Å². The van der Waals surface area contributed by atoms with E-state index in [1.807, 2.05) is 0 Å². The normalized spacial score (nSPS) is 22.5. The second-order valence-electron chi connectivity index (χ2n) is 13.8. The number of β-amino-alcohol motifs (C(OH)–C–C–N with tert-alkyl or cyclic N) is 1. The second-order valence-corrected chi connectivity index (χ2v) is 13.8. The lowest BCUT2D eigenvalue weighted by Crippen LogP contribution is -2.49. The minimum absolute atomic E-state index is 0.120. The Labute approximate surface area is 291 Å². The molecule has 0 unspecified atom stereocenters. The van der Waals surface area contributed by atoms with Gasteiger partial charge in [0.1, 0.15) is 12.0 Å². The number of aromatic nitrogens is 2. The number of carbonyl (C=O) groups excluding carboxylic acids is 1. The molecule has 2 aromatic carbocycles. The van der Waals surface area contributed by atoms with Gasteiger partial charge in [0.25, 0.3) is 5.91 Å². The maximum atomic E-state index is 15.4. The maximum absolute atomic E-state index is 15.4. The summed E-state index contributed by atoms with van der Waals surface area (Å²) in [5.41, 5.74) is 13.1. The molecule has 10 nitrogen and oxygen atoms in total. The Hall–Kier alpha value is -4.42. The number of nitrogens with two attached hydrogens (primary N) is 1. The summed E-state index contributed by atoms with van der Waals surface area (Å²) in [6.45, 7) is 4.57. The minimum atomic E-state index is -0.917. The fraction of sp³-hybridized carbons (Fsp3) is 0.410. The number of nitrogens with one attached hydrogen (secondary N) is 1. The SMILES string of the molecule is Cn1cc(-c2cnc(N)c(C(=O)N[C@H]3CCC[C@@H]3OCc3ccc(-c4ccc5c(c4)C[C@H](F)[C@@H]5N4CCN(CCO)CC4)cc3)c2)ccc1=O. The number of nitrogen functional groups attached to an aromatic ring is 1. The lowest BCUT2D eigenvalue weighted by Gasteiger charge is -2.38. The van der Waals surface area contributed by atoms with E-state index in [1.54, 1.807) is 31.6 Å². The highest BCUT2D eigenvalue weighted by Crippen LogP contribution is 2.40. The van der Waals surface area contributed by atoms with Crippen molar-refractivity contribution in [3.8, 4) is 22.3 Å². The molecule has 7 rings (SSSR count). The molecule has 3 heterocycles. The van der Waals surface area contributed by atoms with E-state index < -0.39 is 6.17 Å². The Morgan fingerprint density at radius 2 is 1.76 bits per heavy atom. The van der Waals surface area contributed by atoms with Gasteiger partial charge < -0.3 is 25.5 Å². The largest absolute Gasteiger partial charge is 0.395 e. The van der Waals surface area contributed by atoms with Crippen LogP contribution in [-0.4, -0.2) is 88.0 Å². The van der Waals surface area contributed by atoms with Crippen LogP contribution in [0.15, 0.2) is 77.9 Å². The van der Waals surface area contributed by atoms with Gasteiger partial charge in [0.2, 0.25) is 5.56 Å². The van der Waals surface area contributed by atoms with Crippen molar-refractivity contribution < 1.29 is 19.0 Å². The number of pyridine rings is 2. The van der Waals surface area contributed by atoms with Crippen LogP contribution in [0.25, 0.3) is 22.3 Å². The molecule has 11 heteroatoms. The molecule has 1 aliphatic heterocycles. The summed E-state index contributed by atoms with van der Waals surface area (Å²) < 4.78 is 23.2. The first-order valence-corrected chi connectivity index (χ1v) is 17.6. The zero-order chi connectivity index (χ0) is 34.8. The zero-order valence-electron chi connectivity index (χ0n) is 28.4. The highest BCUT2D eigenvalue weighted by Gasteiger charge is 2.38. The molecule has 4 aromatic rings. The number of anilines is 1. The molecule has 1 saturated carbocycles. The van der Waals surface area contributed by atoms with E-state index in [0.29, 0.717) is 30.7 Å². The first kappa shape index (κ1) is 34.0. The van der Waals surface area contributed by atoms with E-state index in [4.69, 9.17) is 10.5 Å². The number of hydrogen-bond donors (Lipinski definition) is 3. The van der Waals surface area contributed by atoms with Gasteiger partial charge in [-0.2, -0.15) is 0 Å². The molecule has 4 atom stereocenters. The van der Waals surface area contributed by atoms with Gasteiger partial charge in [-0.25, -0.2) is 9.37 Å². The molecule has 0 bridgehead atoms. The summed E-state index contributed by atoms with van der Waals surface area (Å²) in [5.74, 6) is -0.153. The molecule has 1 saturated heterocycles. The van der Waals surface area contributed by atoms with Gasteiger partial charge in [0.15, 0.2) is 0 Å². The molecule has 1 amide bonds. The summed E-state index contributed by atoms with van der Waals surface area (Å²) in [6.07, 6.45) is 5.29. The number of rotatable bonds is 10. The van der Waals surface area contributed by atoms with E-state index in [1.165, 1.54) is 10.6 Å². The predicted octanol–water partition coefficient (Wildman–Crippen LogP) is 4.11. The number of amides is 1.